The van der Waals surface area contributed by atoms with Gasteiger partial charge in [0, 0.05) is 38.4 Å². The summed E-state index contributed by atoms with van der Waals surface area (Å²) in [6.45, 7) is 3.88. The normalized spacial score (nSPS) is 19.2. The van der Waals surface area contributed by atoms with E-state index >= 15 is 0 Å². The van der Waals surface area contributed by atoms with Crippen molar-refractivity contribution in [1.82, 2.24) is 20.0 Å². The third-order valence-corrected chi connectivity index (χ3v) is 4.93. The molecule has 2 aromatic rings. The smallest absolute Gasteiger partial charge is 0.261 e. The van der Waals surface area contributed by atoms with Gasteiger partial charge in [0.15, 0.2) is 0 Å². The van der Waals surface area contributed by atoms with Crippen molar-refractivity contribution in [2.24, 2.45) is 13.0 Å². The highest BCUT2D eigenvalue weighted by Gasteiger charge is 2.21. The Labute approximate surface area is 134 Å². The molecule has 6 heteroatoms. The number of likely N-dealkylation sites (tertiary alicyclic amines) is 1. The van der Waals surface area contributed by atoms with Gasteiger partial charge in [-0.3, -0.25) is 14.4 Å². The summed E-state index contributed by atoms with van der Waals surface area (Å²) in [6, 6.07) is 3.78. The fourth-order valence-electron chi connectivity index (χ4n) is 3.01. The number of carbonyl (C=O) groups excluding carboxylic acids is 1. The van der Waals surface area contributed by atoms with Crippen LogP contribution in [0.15, 0.2) is 29.9 Å². The summed E-state index contributed by atoms with van der Waals surface area (Å²) in [4.78, 5) is 15.3. The van der Waals surface area contributed by atoms with E-state index in [1.165, 1.54) is 29.7 Å². The van der Waals surface area contributed by atoms with Crippen LogP contribution >= 0.6 is 11.3 Å². The SMILES string of the molecule is Cn1cc(CN2CCC[C@H](CNC(=O)c3cccs3)C2)cn1. The topological polar surface area (TPSA) is 50.2 Å². The lowest BCUT2D eigenvalue weighted by atomic mass is 9.97. The molecule has 0 bridgehead atoms. The molecule has 0 radical (unpaired) electrons. The molecule has 0 unspecified atom stereocenters. The lowest BCUT2D eigenvalue weighted by Crippen LogP contribution is -2.40. The Kier molecular flexibility index (Phi) is 4.90. The molecule has 0 spiro atoms. The minimum Gasteiger partial charge on any atom is -0.351 e. The van der Waals surface area contributed by atoms with E-state index in [0.717, 1.165) is 31.1 Å². The summed E-state index contributed by atoms with van der Waals surface area (Å²) in [5, 5.41) is 9.23. The van der Waals surface area contributed by atoms with Crippen LogP contribution in [0.25, 0.3) is 0 Å². The molecule has 1 saturated heterocycles. The Bertz CT molecular complexity index is 607. The maximum Gasteiger partial charge on any atom is 0.261 e. The first-order valence-electron chi connectivity index (χ1n) is 7.72. The molecular weight excluding hydrogens is 296 g/mol. The number of nitrogens with one attached hydrogen (secondary N) is 1. The molecule has 1 fully saturated rings. The van der Waals surface area contributed by atoms with E-state index < -0.39 is 0 Å². The monoisotopic (exact) mass is 318 g/mol. The van der Waals surface area contributed by atoms with E-state index in [0.29, 0.717) is 5.92 Å². The second-order valence-electron chi connectivity index (χ2n) is 5.95. The summed E-state index contributed by atoms with van der Waals surface area (Å²) in [6.07, 6.45) is 6.39. The first-order valence-corrected chi connectivity index (χ1v) is 8.60. The van der Waals surface area contributed by atoms with Crippen molar-refractivity contribution < 1.29 is 4.79 Å². The van der Waals surface area contributed by atoms with Gasteiger partial charge in [-0.1, -0.05) is 6.07 Å². The standard InChI is InChI=1S/C16H22N4OS/c1-19-10-14(9-18-19)12-20-6-2-4-13(11-20)8-17-16(21)15-5-3-7-22-15/h3,5,7,9-10,13H,2,4,6,8,11-12H2,1H3,(H,17,21)/t13-/m1/s1. The average Bonchev–Trinajstić information content (AvgIpc) is 3.17. The molecule has 1 amide bonds. The van der Waals surface area contributed by atoms with Gasteiger partial charge >= 0.3 is 0 Å². The van der Waals surface area contributed by atoms with Crippen LogP contribution in [0.4, 0.5) is 0 Å². The van der Waals surface area contributed by atoms with Crippen molar-refractivity contribution in [3.8, 4) is 0 Å². The Morgan fingerprint density at radius 2 is 2.45 bits per heavy atom. The predicted octanol–water partition coefficient (Wildman–Crippen LogP) is 2.12. The van der Waals surface area contributed by atoms with E-state index in [2.05, 4.69) is 21.5 Å². The number of aromatic nitrogens is 2. The summed E-state index contributed by atoms with van der Waals surface area (Å²) in [5.74, 6) is 0.591. The number of hydrogen-bond acceptors (Lipinski definition) is 4. The maximum absolute atomic E-state index is 12.0. The third kappa shape index (κ3) is 3.96. The summed E-state index contributed by atoms with van der Waals surface area (Å²) in [5.41, 5.74) is 1.26. The van der Waals surface area contributed by atoms with Gasteiger partial charge in [-0.25, -0.2) is 0 Å². The molecule has 2 aromatic heterocycles. The van der Waals surface area contributed by atoms with Gasteiger partial charge in [0.05, 0.1) is 11.1 Å². The summed E-state index contributed by atoms with van der Waals surface area (Å²) >= 11 is 1.49. The highest BCUT2D eigenvalue weighted by atomic mass is 32.1. The van der Waals surface area contributed by atoms with Crippen LogP contribution in [-0.2, 0) is 13.6 Å². The number of rotatable bonds is 5. The van der Waals surface area contributed by atoms with Gasteiger partial charge < -0.3 is 5.32 Å². The quantitative estimate of drug-likeness (QED) is 0.919. The molecule has 5 nitrogen and oxygen atoms in total. The van der Waals surface area contributed by atoms with E-state index in [4.69, 9.17) is 0 Å². The highest BCUT2D eigenvalue weighted by molar-refractivity contribution is 7.12. The number of carbonyl (C=O) groups is 1. The minimum atomic E-state index is 0.0550. The Balaban J connectivity index is 1.47. The molecule has 1 atom stereocenters. The maximum atomic E-state index is 12.0. The Morgan fingerprint density at radius 1 is 1.55 bits per heavy atom. The minimum absolute atomic E-state index is 0.0550. The summed E-state index contributed by atoms with van der Waals surface area (Å²) < 4.78 is 1.85. The Morgan fingerprint density at radius 3 is 3.18 bits per heavy atom. The lowest BCUT2D eigenvalue weighted by molar-refractivity contribution is 0.0934. The largest absolute Gasteiger partial charge is 0.351 e. The number of hydrogen-bond donors (Lipinski definition) is 1. The number of thiophene rings is 1. The number of aryl methyl sites for hydroxylation is 1. The zero-order chi connectivity index (χ0) is 15.4. The van der Waals surface area contributed by atoms with Crippen LogP contribution in [0.1, 0.15) is 28.1 Å². The number of piperidine rings is 1. The zero-order valence-corrected chi connectivity index (χ0v) is 13.7. The predicted molar refractivity (Wildman–Crippen MR) is 87.9 cm³/mol. The highest BCUT2D eigenvalue weighted by Crippen LogP contribution is 2.18. The number of nitrogens with zero attached hydrogens (tertiary/aromatic N) is 3. The van der Waals surface area contributed by atoms with E-state index in [9.17, 15) is 4.79 Å². The fraction of sp³-hybridized carbons (Fsp3) is 0.500. The molecule has 1 N–H and O–H groups in total. The molecular formula is C16H22N4OS. The second kappa shape index (κ2) is 7.07. The van der Waals surface area contributed by atoms with Gasteiger partial charge in [-0.05, 0) is 36.8 Å². The summed E-state index contributed by atoms with van der Waals surface area (Å²) in [7, 11) is 1.95. The van der Waals surface area contributed by atoms with E-state index in [-0.39, 0.29) is 5.91 Å². The lowest BCUT2D eigenvalue weighted by Gasteiger charge is -2.32. The van der Waals surface area contributed by atoms with Crippen LogP contribution in [0.5, 0.6) is 0 Å². The third-order valence-electron chi connectivity index (χ3n) is 4.06. The van der Waals surface area contributed by atoms with Crippen LogP contribution in [0.2, 0.25) is 0 Å². The fourth-order valence-corrected chi connectivity index (χ4v) is 3.65. The van der Waals surface area contributed by atoms with Gasteiger partial charge in [-0.2, -0.15) is 5.10 Å². The molecule has 0 aliphatic carbocycles. The van der Waals surface area contributed by atoms with Crippen LogP contribution < -0.4 is 5.32 Å². The molecule has 1 aliphatic heterocycles. The molecule has 118 valence electrons. The van der Waals surface area contributed by atoms with Crippen LogP contribution in [-0.4, -0.2) is 40.2 Å². The molecule has 22 heavy (non-hydrogen) atoms. The first kappa shape index (κ1) is 15.2. The van der Waals surface area contributed by atoms with Gasteiger partial charge in [0.25, 0.3) is 5.91 Å². The van der Waals surface area contributed by atoms with Crippen molar-refractivity contribution in [3.63, 3.8) is 0 Å². The van der Waals surface area contributed by atoms with Crippen LogP contribution in [0, 0.1) is 5.92 Å². The Hall–Kier alpha value is -1.66. The van der Waals surface area contributed by atoms with Crippen molar-refractivity contribution in [3.05, 3.63) is 40.3 Å². The number of amides is 1. The van der Waals surface area contributed by atoms with Gasteiger partial charge in [0.1, 0.15) is 0 Å². The zero-order valence-electron chi connectivity index (χ0n) is 12.9. The van der Waals surface area contributed by atoms with Gasteiger partial charge in [0.2, 0.25) is 0 Å². The molecule has 3 rings (SSSR count). The molecule has 1 aliphatic rings. The van der Waals surface area contributed by atoms with Gasteiger partial charge in [-0.15, -0.1) is 11.3 Å². The van der Waals surface area contributed by atoms with Crippen molar-refractivity contribution in [2.75, 3.05) is 19.6 Å². The van der Waals surface area contributed by atoms with Crippen molar-refractivity contribution in [1.29, 1.82) is 0 Å². The second-order valence-corrected chi connectivity index (χ2v) is 6.90. The molecule has 0 saturated carbocycles. The van der Waals surface area contributed by atoms with E-state index in [1.807, 2.05) is 35.4 Å². The van der Waals surface area contributed by atoms with E-state index in [1.54, 1.807) is 0 Å². The van der Waals surface area contributed by atoms with Crippen LogP contribution in [0.3, 0.4) is 0 Å². The van der Waals surface area contributed by atoms with Crippen molar-refractivity contribution >= 4 is 17.2 Å². The molecule has 3 heterocycles. The van der Waals surface area contributed by atoms with Crippen molar-refractivity contribution in [2.45, 2.75) is 19.4 Å². The molecule has 0 aromatic carbocycles. The average molecular weight is 318 g/mol. The first-order chi connectivity index (χ1) is 10.7.